The lowest BCUT2D eigenvalue weighted by Crippen LogP contribution is -2.40. The number of carboxylic acid groups (broad SMARTS) is 1. The van der Waals surface area contributed by atoms with E-state index in [1.807, 2.05) is 0 Å². The topological polar surface area (TPSA) is 119 Å². The Bertz CT molecular complexity index is 770. The Morgan fingerprint density at radius 3 is 2.62 bits per heavy atom. The van der Waals surface area contributed by atoms with Gasteiger partial charge in [0.1, 0.15) is 12.2 Å². The average Bonchev–Trinajstić information content (AvgIpc) is 3.05. The van der Waals surface area contributed by atoms with E-state index in [1.54, 1.807) is 20.0 Å². The first-order chi connectivity index (χ1) is 11.3. The number of rotatable bonds is 6. The van der Waals surface area contributed by atoms with Gasteiger partial charge in [0.05, 0.1) is 11.3 Å². The van der Waals surface area contributed by atoms with Crippen molar-refractivity contribution < 1.29 is 19.6 Å². The van der Waals surface area contributed by atoms with Gasteiger partial charge in [-0.15, -0.1) is 0 Å². The molecule has 2 rings (SSSR count). The van der Waals surface area contributed by atoms with Crippen molar-refractivity contribution in [3.05, 3.63) is 52.6 Å². The second-order valence-corrected chi connectivity index (χ2v) is 5.35. The van der Waals surface area contributed by atoms with E-state index in [0.29, 0.717) is 0 Å². The lowest BCUT2D eigenvalue weighted by molar-refractivity contribution is -0.384. The fourth-order valence-electron chi connectivity index (χ4n) is 2.22. The molecule has 0 spiro atoms. The molecule has 126 valence electrons. The standard InChI is InChI=1S/C15H16N4O5/c1-10(2)18(8-14(20)21)15(22)11-3-4-12(13(7-11)19(23)24)17-6-5-16-9-17/h3-7,9-10H,8H2,1-2H3,(H,20,21). The summed E-state index contributed by atoms with van der Waals surface area (Å²) in [6.07, 6.45) is 4.44. The first-order valence-corrected chi connectivity index (χ1v) is 7.10. The summed E-state index contributed by atoms with van der Waals surface area (Å²) in [5.41, 5.74) is 0.0572. The predicted molar refractivity (Wildman–Crippen MR) is 84.0 cm³/mol. The van der Waals surface area contributed by atoms with E-state index in [9.17, 15) is 19.7 Å². The van der Waals surface area contributed by atoms with Gasteiger partial charge >= 0.3 is 5.97 Å². The molecule has 2 aromatic rings. The number of hydrogen-bond acceptors (Lipinski definition) is 5. The summed E-state index contributed by atoms with van der Waals surface area (Å²) in [6, 6.07) is 3.66. The van der Waals surface area contributed by atoms with Crippen LogP contribution < -0.4 is 0 Å². The molecule has 1 aromatic carbocycles. The van der Waals surface area contributed by atoms with Gasteiger partial charge in [-0.25, -0.2) is 4.98 Å². The minimum Gasteiger partial charge on any atom is -0.480 e. The summed E-state index contributed by atoms with van der Waals surface area (Å²) in [6.45, 7) is 2.87. The molecule has 1 aromatic heterocycles. The van der Waals surface area contributed by atoms with Crippen LogP contribution in [0.1, 0.15) is 24.2 Å². The van der Waals surface area contributed by atoms with Crippen LogP contribution in [0.25, 0.3) is 5.69 Å². The van der Waals surface area contributed by atoms with Gasteiger partial charge in [-0.05, 0) is 26.0 Å². The molecule has 0 bridgehead atoms. The summed E-state index contributed by atoms with van der Waals surface area (Å²) < 4.78 is 1.46. The summed E-state index contributed by atoms with van der Waals surface area (Å²) in [7, 11) is 0. The van der Waals surface area contributed by atoms with E-state index < -0.39 is 23.3 Å². The Kier molecular flexibility index (Phi) is 4.93. The van der Waals surface area contributed by atoms with E-state index in [2.05, 4.69) is 4.98 Å². The highest BCUT2D eigenvalue weighted by atomic mass is 16.6. The van der Waals surface area contributed by atoms with E-state index in [4.69, 9.17) is 5.11 Å². The molecule has 0 saturated heterocycles. The van der Waals surface area contributed by atoms with Gasteiger partial charge in [0.25, 0.3) is 11.6 Å². The third-order valence-electron chi connectivity index (χ3n) is 3.39. The van der Waals surface area contributed by atoms with Crippen LogP contribution in [0.3, 0.4) is 0 Å². The van der Waals surface area contributed by atoms with E-state index >= 15 is 0 Å². The largest absolute Gasteiger partial charge is 0.480 e. The molecule has 1 heterocycles. The van der Waals surface area contributed by atoms with Crippen LogP contribution in [0, 0.1) is 10.1 Å². The zero-order valence-corrected chi connectivity index (χ0v) is 13.1. The SMILES string of the molecule is CC(C)N(CC(=O)O)C(=O)c1ccc(-n2ccnc2)c([N+](=O)[O-])c1. The van der Waals surface area contributed by atoms with Gasteiger partial charge in [-0.1, -0.05) is 0 Å². The van der Waals surface area contributed by atoms with Gasteiger partial charge in [-0.2, -0.15) is 0 Å². The number of nitrogens with zero attached hydrogens (tertiary/aromatic N) is 4. The quantitative estimate of drug-likeness (QED) is 0.635. The molecule has 0 fully saturated rings. The molecule has 0 aliphatic carbocycles. The van der Waals surface area contributed by atoms with E-state index in [0.717, 1.165) is 11.0 Å². The van der Waals surface area contributed by atoms with E-state index in [1.165, 1.54) is 29.2 Å². The summed E-state index contributed by atoms with van der Waals surface area (Å²) >= 11 is 0. The summed E-state index contributed by atoms with van der Waals surface area (Å²) in [5.74, 6) is -1.73. The third kappa shape index (κ3) is 3.57. The predicted octanol–water partition coefficient (Wildman–Crippen LogP) is 1.72. The van der Waals surface area contributed by atoms with Crippen molar-refractivity contribution in [3.63, 3.8) is 0 Å². The maximum atomic E-state index is 12.5. The maximum absolute atomic E-state index is 12.5. The Morgan fingerprint density at radius 1 is 1.42 bits per heavy atom. The van der Waals surface area contributed by atoms with Crippen LogP contribution >= 0.6 is 0 Å². The van der Waals surface area contributed by atoms with Gasteiger partial charge in [-0.3, -0.25) is 19.7 Å². The molecule has 9 nitrogen and oxygen atoms in total. The molecule has 9 heteroatoms. The molecule has 0 aliphatic heterocycles. The molecular formula is C15H16N4O5. The fourth-order valence-corrected chi connectivity index (χ4v) is 2.22. The van der Waals surface area contributed by atoms with Crippen LogP contribution in [0.2, 0.25) is 0 Å². The Morgan fingerprint density at radius 2 is 2.12 bits per heavy atom. The number of carbonyl (C=O) groups excluding carboxylic acids is 1. The highest BCUT2D eigenvalue weighted by Crippen LogP contribution is 2.25. The second kappa shape index (κ2) is 6.90. The van der Waals surface area contributed by atoms with Crippen molar-refractivity contribution in [2.24, 2.45) is 0 Å². The molecule has 0 radical (unpaired) electrons. The van der Waals surface area contributed by atoms with Crippen molar-refractivity contribution in [2.75, 3.05) is 6.54 Å². The second-order valence-electron chi connectivity index (χ2n) is 5.35. The number of imidazole rings is 1. The van der Waals surface area contributed by atoms with E-state index in [-0.39, 0.29) is 23.0 Å². The highest BCUT2D eigenvalue weighted by molar-refractivity contribution is 5.97. The van der Waals surface area contributed by atoms with Gasteiger partial charge in [0.15, 0.2) is 0 Å². The van der Waals surface area contributed by atoms with Crippen LogP contribution in [0.5, 0.6) is 0 Å². The number of nitro benzene ring substituents is 1. The zero-order valence-electron chi connectivity index (χ0n) is 13.1. The molecular weight excluding hydrogens is 316 g/mol. The van der Waals surface area contributed by atoms with Crippen LogP contribution in [0.15, 0.2) is 36.9 Å². The number of amides is 1. The van der Waals surface area contributed by atoms with Crippen molar-refractivity contribution in [2.45, 2.75) is 19.9 Å². The Hall–Kier alpha value is -3.23. The number of benzene rings is 1. The number of aromatic nitrogens is 2. The third-order valence-corrected chi connectivity index (χ3v) is 3.39. The van der Waals surface area contributed by atoms with Crippen LogP contribution in [-0.4, -0.2) is 48.9 Å². The number of nitro groups is 1. The zero-order chi connectivity index (χ0) is 17.9. The first-order valence-electron chi connectivity index (χ1n) is 7.10. The molecule has 0 aliphatic rings. The molecule has 24 heavy (non-hydrogen) atoms. The molecule has 0 unspecified atom stereocenters. The van der Waals surface area contributed by atoms with Crippen molar-refractivity contribution in [3.8, 4) is 5.69 Å². The molecule has 0 saturated carbocycles. The molecule has 1 amide bonds. The van der Waals surface area contributed by atoms with Gasteiger partial charge in [0.2, 0.25) is 0 Å². The highest BCUT2D eigenvalue weighted by Gasteiger charge is 2.24. The molecule has 0 atom stereocenters. The lowest BCUT2D eigenvalue weighted by Gasteiger charge is -2.25. The number of carboxylic acids is 1. The monoisotopic (exact) mass is 332 g/mol. The number of aliphatic carboxylic acids is 1. The Balaban J connectivity index is 2.44. The van der Waals surface area contributed by atoms with Crippen molar-refractivity contribution >= 4 is 17.6 Å². The molecule has 1 N–H and O–H groups in total. The smallest absolute Gasteiger partial charge is 0.323 e. The minimum atomic E-state index is -1.15. The van der Waals surface area contributed by atoms with Gasteiger partial charge in [0, 0.05) is 30.1 Å². The van der Waals surface area contributed by atoms with Crippen molar-refractivity contribution in [1.82, 2.24) is 14.5 Å². The van der Waals surface area contributed by atoms with Gasteiger partial charge < -0.3 is 14.6 Å². The minimum absolute atomic E-state index is 0.0560. The fraction of sp³-hybridized carbons (Fsp3) is 0.267. The van der Waals surface area contributed by atoms with Crippen LogP contribution in [0.4, 0.5) is 5.69 Å². The summed E-state index contributed by atoms with van der Waals surface area (Å²) in [4.78, 5) is 39.1. The Labute approximate surface area is 137 Å². The summed E-state index contributed by atoms with van der Waals surface area (Å²) in [5, 5.41) is 20.3. The number of hydrogen-bond donors (Lipinski definition) is 1. The maximum Gasteiger partial charge on any atom is 0.323 e. The first kappa shape index (κ1) is 17.1. The average molecular weight is 332 g/mol. The van der Waals surface area contributed by atoms with Crippen LogP contribution in [-0.2, 0) is 4.79 Å². The lowest BCUT2D eigenvalue weighted by atomic mass is 10.1. The normalized spacial score (nSPS) is 10.6. The number of carbonyl (C=O) groups is 2. The van der Waals surface area contributed by atoms with Crippen molar-refractivity contribution in [1.29, 1.82) is 0 Å².